The highest BCUT2D eigenvalue weighted by Gasteiger charge is 2.29. The number of hydrogen-bond acceptors (Lipinski definition) is 5. The highest BCUT2D eigenvalue weighted by molar-refractivity contribution is 5.67. The van der Waals surface area contributed by atoms with Crippen molar-refractivity contribution in [3.8, 4) is 0 Å². The third kappa shape index (κ3) is 4.01. The standard InChI is InChI=1S/C14H19N3O4/c1-14(2,3)11-8-10(6-7-15(4)5)12(16(18)19)9-13(11)17(20)21/h6-9H,1-5H3/b7-6+. The lowest BCUT2D eigenvalue weighted by Crippen LogP contribution is -2.14. The number of nitro groups is 2. The summed E-state index contributed by atoms with van der Waals surface area (Å²) >= 11 is 0. The van der Waals surface area contributed by atoms with Crippen molar-refractivity contribution in [3.05, 3.63) is 49.7 Å². The lowest BCUT2D eigenvalue weighted by Gasteiger charge is -2.19. The molecule has 0 N–H and O–H groups in total. The van der Waals surface area contributed by atoms with E-state index in [4.69, 9.17) is 0 Å². The number of nitro benzene ring substituents is 2. The van der Waals surface area contributed by atoms with Crippen molar-refractivity contribution in [2.45, 2.75) is 26.2 Å². The summed E-state index contributed by atoms with van der Waals surface area (Å²) in [6.45, 7) is 5.50. The van der Waals surface area contributed by atoms with E-state index in [9.17, 15) is 20.2 Å². The molecule has 7 heteroatoms. The van der Waals surface area contributed by atoms with Gasteiger partial charge in [-0.05, 0) is 23.8 Å². The molecular weight excluding hydrogens is 274 g/mol. The van der Waals surface area contributed by atoms with Gasteiger partial charge in [0.2, 0.25) is 0 Å². The van der Waals surface area contributed by atoms with Gasteiger partial charge in [0.15, 0.2) is 0 Å². The Morgan fingerprint density at radius 1 is 1.05 bits per heavy atom. The van der Waals surface area contributed by atoms with Crippen LogP contribution >= 0.6 is 0 Å². The van der Waals surface area contributed by atoms with Gasteiger partial charge in [0.05, 0.1) is 21.5 Å². The Hall–Kier alpha value is -2.44. The van der Waals surface area contributed by atoms with E-state index in [1.807, 2.05) is 20.8 Å². The molecule has 0 saturated carbocycles. The number of hydrogen-bond donors (Lipinski definition) is 0. The van der Waals surface area contributed by atoms with E-state index >= 15 is 0 Å². The van der Waals surface area contributed by atoms with E-state index < -0.39 is 15.3 Å². The van der Waals surface area contributed by atoms with Gasteiger partial charge in [-0.2, -0.15) is 0 Å². The fraction of sp³-hybridized carbons (Fsp3) is 0.429. The van der Waals surface area contributed by atoms with Gasteiger partial charge in [-0.15, -0.1) is 0 Å². The van der Waals surface area contributed by atoms with Gasteiger partial charge in [-0.25, -0.2) is 0 Å². The summed E-state index contributed by atoms with van der Waals surface area (Å²) < 4.78 is 0. The minimum absolute atomic E-state index is 0.226. The molecule has 0 unspecified atom stereocenters. The zero-order valence-corrected chi connectivity index (χ0v) is 12.8. The molecule has 0 atom stereocenters. The van der Waals surface area contributed by atoms with Crippen LogP contribution in [0, 0.1) is 20.2 Å². The summed E-state index contributed by atoms with van der Waals surface area (Å²) in [5.74, 6) is 0. The second-order valence-electron chi connectivity index (χ2n) is 5.97. The Labute approximate surface area is 123 Å². The zero-order chi connectivity index (χ0) is 16.4. The van der Waals surface area contributed by atoms with Crippen LogP contribution in [-0.2, 0) is 5.41 Å². The lowest BCUT2D eigenvalue weighted by atomic mass is 9.84. The van der Waals surface area contributed by atoms with Crippen LogP contribution in [0.3, 0.4) is 0 Å². The van der Waals surface area contributed by atoms with Crippen LogP contribution in [-0.4, -0.2) is 28.8 Å². The molecule has 114 valence electrons. The Morgan fingerprint density at radius 3 is 1.95 bits per heavy atom. The normalized spacial score (nSPS) is 11.7. The lowest BCUT2D eigenvalue weighted by molar-refractivity contribution is -0.394. The summed E-state index contributed by atoms with van der Waals surface area (Å²) in [6, 6.07) is 2.56. The van der Waals surface area contributed by atoms with Gasteiger partial charge in [0.25, 0.3) is 11.4 Å². The Balaban J connectivity index is 3.63. The molecule has 1 aromatic rings. The predicted molar refractivity (Wildman–Crippen MR) is 81.2 cm³/mol. The fourth-order valence-corrected chi connectivity index (χ4v) is 1.87. The van der Waals surface area contributed by atoms with Crippen LogP contribution in [0.4, 0.5) is 11.4 Å². The van der Waals surface area contributed by atoms with Crippen molar-refractivity contribution in [2.75, 3.05) is 14.1 Å². The highest BCUT2D eigenvalue weighted by atomic mass is 16.6. The second-order valence-corrected chi connectivity index (χ2v) is 5.97. The minimum Gasteiger partial charge on any atom is -0.383 e. The van der Waals surface area contributed by atoms with Gasteiger partial charge in [0, 0.05) is 19.7 Å². The molecule has 0 spiro atoms. The maximum atomic E-state index is 11.2. The molecule has 0 aliphatic carbocycles. The summed E-state index contributed by atoms with van der Waals surface area (Å²) in [7, 11) is 3.58. The van der Waals surface area contributed by atoms with Crippen LogP contribution in [0.15, 0.2) is 18.3 Å². The average Bonchev–Trinajstić information content (AvgIpc) is 2.33. The summed E-state index contributed by atoms with van der Waals surface area (Å²) in [4.78, 5) is 22.9. The molecular formula is C14H19N3O4. The fourth-order valence-electron chi connectivity index (χ4n) is 1.87. The van der Waals surface area contributed by atoms with E-state index in [0.29, 0.717) is 11.1 Å². The molecule has 0 fully saturated rings. The largest absolute Gasteiger partial charge is 0.383 e. The van der Waals surface area contributed by atoms with Crippen molar-refractivity contribution >= 4 is 17.5 Å². The van der Waals surface area contributed by atoms with Crippen molar-refractivity contribution < 1.29 is 9.85 Å². The molecule has 0 aliphatic heterocycles. The van der Waals surface area contributed by atoms with Crippen molar-refractivity contribution in [2.24, 2.45) is 0 Å². The molecule has 0 saturated heterocycles. The number of rotatable bonds is 4. The Morgan fingerprint density at radius 2 is 1.57 bits per heavy atom. The van der Waals surface area contributed by atoms with E-state index in [-0.39, 0.29) is 11.4 Å². The van der Waals surface area contributed by atoms with Gasteiger partial charge in [0.1, 0.15) is 0 Å². The highest BCUT2D eigenvalue weighted by Crippen LogP contribution is 2.36. The van der Waals surface area contributed by atoms with E-state index in [1.165, 1.54) is 6.07 Å². The molecule has 21 heavy (non-hydrogen) atoms. The molecule has 1 aromatic carbocycles. The van der Waals surface area contributed by atoms with Crippen LogP contribution < -0.4 is 0 Å². The monoisotopic (exact) mass is 293 g/mol. The summed E-state index contributed by atoms with van der Waals surface area (Å²) in [6.07, 6.45) is 3.25. The van der Waals surface area contributed by atoms with Crippen LogP contribution in [0.25, 0.3) is 6.08 Å². The minimum atomic E-state index is -0.602. The predicted octanol–water partition coefficient (Wildman–Crippen LogP) is 3.33. The van der Waals surface area contributed by atoms with Crippen LogP contribution in [0.1, 0.15) is 31.9 Å². The molecule has 0 amide bonds. The maximum absolute atomic E-state index is 11.2. The first-order valence-electron chi connectivity index (χ1n) is 6.36. The smallest absolute Gasteiger partial charge is 0.283 e. The van der Waals surface area contributed by atoms with Crippen LogP contribution in [0.5, 0.6) is 0 Å². The first-order chi connectivity index (χ1) is 9.54. The first-order valence-corrected chi connectivity index (χ1v) is 6.36. The Kier molecular flexibility index (Phi) is 4.67. The molecule has 0 heterocycles. The number of nitrogens with zero attached hydrogens (tertiary/aromatic N) is 3. The molecule has 0 radical (unpaired) electrons. The third-order valence-corrected chi connectivity index (χ3v) is 2.90. The Bertz CT molecular complexity index is 601. The van der Waals surface area contributed by atoms with Gasteiger partial charge in [-0.1, -0.05) is 20.8 Å². The van der Waals surface area contributed by atoms with Crippen molar-refractivity contribution in [1.82, 2.24) is 4.90 Å². The summed E-state index contributed by atoms with van der Waals surface area (Å²) in [5, 5.41) is 22.3. The topological polar surface area (TPSA) is 89.5 Å². The van der Waals surface area contributed by atoms with Gasteiger partial charge < -0.3 is 4.90 Å². The average molecular weight is 293 g/mol. The van der Waals surface area contributed by atoms with Gasteiger partial charge >= 0.3 is 0 Å². The quantitative estimate of drug-likeness (QED) is 0.627. The van der Waals surface area contributed by atoms with E-state index in [2.05, 4.69) is 0 Å². The van der Waals surface area contributed by atoms with Crippen molar-refractivity contribution in [1.29, 1.82) is 0 Å². The van der Waals surface area contributed by atoms with E-state index in [1.54, 1.807) is 31.3 Å². The zero-order valence-electron chi connectivity index (χ0n) is 12.8. The number of benzene rings is 1. The molecule has 7 nitrogen and oxygen atoms in total. The van der Waals surface area contributed by atoms with Gasteiger partial charge in [-0.3, -0.25) is 20.2 Å². The van der Waals surface area contributed by atoms with E-state index in [0.717, 1.165) is 6.07 Å². The molecule has 0 aliphatic rings. The maximum Gasteiger partial charge on any atom is 0.283 e. The molecule has 0 bridgehead atoms. The SMILES string of the molecule is CN(C)/C=C/c1cc(C(C)(C)C)c([N+](=O)[O-])cc1[N+](=O)[O-]. The van der Waals surface area contributed by atoms with Crippen LogP contribution in [0.2, 0.25) is 0 Å². The molecule has 0 aromatic heterocycles. The van der Waals surface area contributed by atoms with Crippen molar-refractivity contribution in [3.63, 3.8) is 0 Å². The second kappa shape index (κ2) is 5.90. The summed E-state index contributed by atoms with van der Waals surface area (Å²) in [5.41, 5.74) is -0.164. The first kappa shape index (κ1) is 16.6. The molecule has 1 rings (SSSR count). The third-order valence-electron chi connectivity index (χ3n) is 2.90.